The molecule has 128 valence electrons. The Labute approximate surface area is 135 Å². The van der Waals surface area contributed by atoms with Crippen LogP contribution in [0.4, 0.5) is 24.7 Å². The van der Waals surface area contributed by atoms with Gasteiger partial charge < -0.3 is 14.6 Å². The van der Waals surface area contributed by atoms with Crippen LogP contribution in [0.5, 0.6) is 0 Å². The summed E-state index contributed by atoms with van der Waals surface area (Å²) in [6.07, 6.45) is 0.862. The van der Waals surface area contributed by atoms with Gasteiger partial charge in [-0.25, -0.2) is 9.97 Å². The number of amides is 1. The van der Waals surface area contributed by atoms with Gasteiger partial charge in [-0.2, -0.15) is 13.2 Å². The van der Waals surface area contributed by atoms with Gasteiger partial charge in [0.15, 0.2) is 5.69 Å². The highest BCUT2D eigenvalue weighted by molar-refractivity contribution is 6.02. The monoisotopic (exact) mass is 340 g/mol. The van der Waals surface area contributed by atoms with E-state index < -0.39 is 23.7 Å². The number of nitrogens with zero attached hydrogens (tertiary/aromatic N) is 3. The van der Waals surface area contributed by atoms with Crippen molar-refractivity contribution in [1.29, 1.82) is 0 Å². The zero-order valence-corrected chi connectivity index (χ0v) is 12.8. The second-order valence-electron chi connectivity index (χ2n) is 5.59. The van der Waals surface area contributed by atoms with Gasteiger partial charge in [0, 0.05) is 13.1 Å². The molecule has 0 aliphatic heterocycles. The fourth-order valence-electron chi connectivity index (χ4n) is 2.33. The summed E-state index contributed by atoms with van der Waals surface area (Å²) in [5.41, 5.74) is -0.0831. The van der Waals surface area contributed by atoms with Crippen molar-refractivity contribution < 1.29 is 22.4 Å². The second kappa shape index (κ2) is 6.14. The summed E-state index contributed by atoms with van der Waals surface area (Å²) in [4.78, 5) is 21.4. The van der Waals surface area contributed by atoms with Crippen LogP contribution >= 0.6 is 0 Å². The van der Waals surface area contributed by atoms with E-state index in [0.717, 1.165) is 18.7 Å². The Kier molecular flexibility index (Phi) is 4.16. The van der Waals surface area contributed by atoms with Crippen LogP contribution in [0.25, 0.3) is 0 Å². The van der Waals surface area contributed by atoms with Crippen LogP contribution in [0.3, 0.4) is 0 Å². The van der Waals surface area contributed by atoms with Crippen molar-refractivity contribution in [3.8, 4) is 0 Å². The van der Waals surface area contributed by atoms with Gasteiger partial charge in [0.2, 0.25) is 0 Å². The van der Waals surface area contributed by atoms with Crippen molar-refractivity contribution >= 4 is 17.4 Å². The average molecular weight is 340 g/mol. The molecule has 0 spiro atoms. The van der Waals surface area contributed by atoms with E-state index in [2.05, 4.69) is 24.6 Å². The summed E-state index contributed by atoms with van der Waals surface area (Å²) in [6, 6.07) is 3.87. The fourth-order valence-corrected chi connectivity index (χ4v) is 2.33. The molecule has 9 heteroatoms. The molecule has 1 saturated carbocycles. The molecule has 0 unspecified atom stereocenters. The van der Waals surface area contributed by atoms with Crippen LogP contribution in [0.2, 0.25) is 0 Å². The van der Waals surface area contributed by atoms with Crippen LogP contribution in [0, 0.1) is 0 Å². The number of carbonyl (C=O) groups excluding carboxylic acids is 1. The summed E-state index contributed by atoms with van der Waals surface area (Å²) in [5.74, 6) is -1.47. The minimum atomic E-state index is -4.73. The zero-order chi connectivity index (χ0) is 17.3. The Morgan fingerprint density at radius 1 is 1.38 bits per heavy atom. The van der Waals surface area contributed by atoms with Gasteiger partial charge in [-0.1, -0.05) is 0 Å². The molecule has 2 heterocycles. The average Bonchev–Trinajstić information content (AvgIpc) is 2.96. The van der Waals surface area contributed by atoms with E-state index in [9.17, 15) is 18.0 Å². The van der Waals surface area contributed by atoms with Crippen LogP contribution in [0.15, 0.2) is 29.0 Å². The van der Waals surface area contributed by atoms with E-state index >= 15 is 0 Å². The molecule has 2 aromatic heterocycles. The molecular formula is C15H15F3N4O2. The first kappa shape index (κ1) is 16.3. The lowest BCUT2D eigenvalue weighted by atomic mass is 9.92. The molecule has 0 radical (unpaired) electrons. The normalized spacial score (nSPS) is 15.0. The SMILES string of the molecule is CN(c1ccc(NC(=O)c2coc(C(F)(F)F)n2)cn1)C1CCC1. The van der Waals surface area contributed by atoms with Crippen molar-refractivity contribution in [2.75, 3.05) is 17.3 Å². The number of aromatic nitrogens is 2. The molecule has 1 N–H and O–H groups in total. The molecule has 1 aliphatic rings. The van der Waals surface area contributed by atoms with Crippen LogP contribution in [0.1, 0.15) is 35.6 Å². The van der Waals surface area contributed by atoms with Gasteiger partial charge in [-0.15, -0.1) is 0 Å². The Bertz CT molecular complexity index is 723. The van der Waals surface area contributed by atoms with E-state index in [4.69, 9.17) is 0 Å². The van der Waals surface area contributed by atoms with E-state index in [1.807, 2.05) is 7.05 Å². The first-order valence-corrected chi connectivity index (χ1v) is 7.37. The van der Waals surface area contributed by atoms with Crippen LogP contribution in [-0.4, -0.2) is 29.0 Å². The highest BCUT2D eigenvalue weighted by Crippen LogP contribution is 2.29. The molecule has 2 aromatic rings. The number of alkyl halides is 3. The summed E-state index contributed by atoms with van der Waals surface area (Å²) in [6.45, 7) is 0. The maximum Gasteiger partial charge on any atom is 0.468 e. The standard InChI is InChI=1S/C15H15F3N4O2/c1-22(10-3-2-4-10)12-6-5-9(7-19-12)20-13(23)11-8-24-14(21-11)15(16,17)18/h5-8,10H,2-4H2,1H3,(H,20,23). The number of anilines is 2. The second-order valence-corrected chi connectivity index (χ2v) is 5.59. The van der Waals surface area contributed by atoms with E-state index in [1.54, 1.807) is 12.1 Å². The number of rotatable bonds is 4. The molecule has 24 heavy (non-hydrogen) atoms. The predicted octanol–water partition coefficient (Wildman–Crippen LogP) is 3.33. The predicted molar refractivity (Wildman–Crippen MR) is 79.7 cm³/mol. The third-order valence-corrected chi connectivity index (χ3v) is 3.97. The topological polar surface area (TPSA) is 71.3 Å². The number of nitrogens with one attached hydrogen (secondary N) is 1. The van der Waals surface area contributed by atoms with Gasteiger partial charge in [0.25, 0.3) is 5.91 Å². The lowest BCUT2D eigenvalue weighted by Crippen LogP contribution is -2.37. The summed E-state index contributed by atoms with van der Waals surface area (Å²) < 4.78 is 41.5. The molecule has 0 atom stereocenters. The molecular weight excluding hydrogens is 325 g/mol. The van der Waals surface area contributed by atoms with Crippen molar-refractivity contribution in [2.24, 2.45) is 0 Å². The van der Waals surface area contributed by atoms with Gasteiger partial charge >= 0.3 is 12.1 Å². The highest BCUT2D eigenvalue weighted by Gasteiger charge is 2.37. The lowest BCUT2D eigenvalue weighted by molar-refractivity contribution is -0.157. The largest absolute Gasteiger partial charge is 0.468 e. The molecule has 1 fully saturated rings. The van der Waals surface area contributed by atoms with Gasteiger partial charge in [-0.05, 0) is 31.4 Å². The van der Waals surface area contributed by atoms with Gasteiger partial charge in [-0.3, -0.25) is 4.79 Å². The number of hydrogen-bond donors (Lipinski definition) is 1. The highest BCUT2D eigenvalue weighted by atomic mass is 19.4. The van der Waals surface area contributed by atoms with Crippen molar-refractivity contribution in [3.05, 3.63) is 36.2 Å². The summed E-state index contributed by atoms with van der Waals surface area (Å²) in [5, 5.41) is 2.44. The molecule has 3 rings (SSSR count). The Morgan fingerprint density at radius 3 is 2.62 bits per heavy atom. The first-order valence-electron chi connectivity index (χ1n) is 7.37. The van der Waals surface area contributed by atoms with Crippen molar-refractivity contribution in [1.82, 2.24) is 9.97 Å². The molecule has 0 saturated heterocycles. The van der Waals surface area contributed by atoms with Crippen molar-refractivity contribution in [2.45, 2.75) is 31.5 Å². The van der Waals surface area contributed by atoms with Crippen LogP contribution in [-0.2, 0) is 6.18 Å². The Balaban J connectivity index is 1.65. The minimum Gasteiger partial charge on any atom is -0.441 e. The van der Waals surface area contributed by atoms with E-state index in [1.165, 1.54) is 12.6 Å². The van der Waals surface area contributed by atoms with Crippen LogP contribution < -0.4 is 10.2 Å². The van der Waals surface area contributed by atoms with Crippen molar-refractivity contribution in [3.63, 3.8) is 0 Å². The summed E-state index contributed by atoms with van der Waals surface area (Å²) >= 11 is 0. The number of pyridine rings is 1. The maximum atomic E-state index is 12.4. The number of hydrogen-bond acceptors (Lipinski definition) is 5. The molecule has 1 amide bonds. The zero-order valence-electron chi connectivity index (χ0n) is 12.8. The minimum absolute atomic E-state index is 0.363. The third kappa shape index (κ3) is 3.34. The van der Waals surface area contributed by atoms with E-state index in [-0.39, 0.29) is 0 Å². The Hall–Kier alpha value is -2.58. The fraction of sp³-hybridized carbons (Fsp3) is 0.400. The molecule has 1 aliphatic carbocycles. The smallest absolute Gasteiger partial charge is 0.441 e. The number of oxazole rings is 1. The molecule has 0 bridgehead atoms. The van der Waals surface area contributed by atoms with E-state index in [0.29, 0.717) is 18.0 Å². The lowest BCUT2D eigenvalue weighted by Gasteiger charge is -2.35. The quantitative estimate of drug-likeness (QED) is 0.924. The number of carbonyl (C=O) groups is 1. The summed E-state index contributed by atoms with van der Waals surface area (Å²) in [7, 11) is 1.96. The van der Waals surface area contributed by atoms with Gasteiger partial charge in [0.1, 0.15) is 12.1 Å². The maximum absolute atomic E-state index is 12.4. The third-order valence-electron chi connectivity index (χ3n) is 3.97. The first-order chi connectivity index (χ1) is 11.3. The molecule has 0 aromatic carbocycles. The molecule has 6 nitrogen and oxygen atoms in total. The van der Waals surface area contributed by atoms with Gasteiger partial charge in [0.05, 0.1) is 11.9 Å². The Morgan fingerprint density at radius 2 is 2.12 bits per heavy atom. The number of halogens is 3.